The van der Waals surface area contributed by atoms with Crippen molar-refractivity contribution in [3.8, 4) is 0 Å². The molecule has 0 spiro atoms. The van der Waals surface area contributed by atoms with Crippen LogP contribution in [0.2, 0.25) is 0 Å². The van der Waals surface area contributed by atoms with Crippen LogP contribution < -0.4 is 10.2 Å². The van der Waals surface area contributed by atoms with Crippen molar-refractivity contribution >= 4 is 17.2 Å². The Kier molecular flexibility index (Phi) is 3.65. The van der Waals surface area contributed by atoms with E-state index in [4.69, 9.17) is 0 Å². The van der Waals surface area contributed by atoms with E-state index in [1.165, 1.54) is 5.69 Å². The van der Waals surface area contributed by atoms with Gasteiger partial charge >= 0.3 is 0 Å². The maximum atomic E-state index is 12.7. The van der Waals surface area contributed by atoms with Gasteiger partial charge in [-0.2, -0.15) is 5.10 Å². The van der Waals surface area contributed by atoms with E-state index in [0.29, 0.717) is 16.9 Å². The maximum absolute atomic E-state index is 12.7. The molecular formula is C18H19N5O. The van der Waals surface area contributed by atoms with Crippen molar-refractivity contribution in [1.82, 2.24) is 19.9 Å². The van der Waals surface area contributed by atoms with Crippen LogP contribution >= 0.6 is 0 Å². The van der Waals surface area contributed by atoms with E-state index >= 15 is 0 Å². The van der Waals surface area contributed by atoms with Crippen LogP contribution in [0.5, 0.6) is 0 Å². The lowest BCUT2D eigenvalue weighted by atomic mass is 10.2. The number of nitrogens with one attached hydrogen (secondary N) is 1. The number of benzene rings is 1. The second-order valence-corrected chi connectivity index (χ2v) is 6.09. The van der Waals surface area contributed by atoms with Crippen molar-refractivity contribution in [2.24, 2.45) is 0 Å². The number of rotatable bonds is 3. The summed E-state index contributed by atoms with van der Waals surface area (Å²) in [4.78, 5) is 19.3. The van der Waals surface area contributed by atoms with E-state index in [1.54, 1.807) is 23.0 Å². The predicted molar refractivity (Wildman–Crippen MR) is 92.3 cm³/mol. The largest absolute Gasteiger partial charge is 0.369 e. The number of aromatic nitrogens is 3. The number of fused-ring (bicyclic) bond motifs is 1. The number of aryl methyl sites for hydroxylation is 1. The molecule has 24 heavy (non-hydrogen) atoms. The molecule has 122 valence electrons. The minimum Gasteiger partial charge on any atom is -0.369 e. The van der Waals surface area contributed by atoms with Crippen molar-refractivity contribution in [2.45, 2.75) is 19.4 Å². The molecule has 2 aromatic heterocycles. The van der Waals surface area contributed by atoms with Crippen LogP contribution in [0.25, 0.3) is 5.65 Å². The quantitative estimate of drug-likeness (QED) is 0.802. The molecule has 1 N–H and O–H groups in total. The van der Waals surface area contributed by atoms with E-state index in [-0.39, 0.29) is 11.9 Å². The molecule has 3 heterocycles. The predicted octanol–water partition coefficient (Wildman–Crippen LogP) is 2.05. The van der Waals surface area contributed by atoms with Crippen LogP contribution in [-0.2, 0) is 0 Å². The number of hydrogen-bond acceptors (Lipinski definition) is 4. The highest BCUT2D eigenvalue weighted by Gasteiger charge is 2.26. The molecule has 4 rings (SSSR count). The molecule has 3 aromatic rings. The van der Waals surface area contributed by atoms with Crippen LogP contribution in [0.15, 0.2) is 48.8 Å². The summed E-state index contributed by atoms with van der Waals surface area (Å²) in [6, 6.07) is 12.2. The summed E-state index contributed by atoms with van der Waals surface area (Å²) in [5.74, 6) is -0.0962. The van der Waals surface area contributed by atoms with Gasteiger partial charge in [-0.3, -0.25) is 4.79 Å². The maximum Gasteiger partial charge on any atom is 0.257 e. The molecule has 0 aliphatic carbocycles. The van der Waals surface area contributed by atoms with Crippen LogP contribution in [-0.4, -0.2) is 39.6 Å². The Bertz CT molecular complexity index is 874. The number of carbonyl (C=O) groups is 1. The molecule has 0 saturated carbocycles. The highest BCUT2D eigenvalue weighted by atomic mass is 16.1. The Morgan fingerprint density at radius 3 is 2.92 bits per heavy atom. The van der Waals surface area contributed by atoms with Crippen LogP contribution in [0.3, 0.4) is 0 Å². The van der Waals surface area contributed by atoms with Gasteiger partial charge in [-0.15, -0.1) is 0 Å². The molecule has 1 aromatic carbocycles. The lowest BCUT2D eigenvalue weighted by molar-refractivity contribution is 0.0941. The van der Waals surface area contributed by atoms with Gasteiger partial charge in [0.05, 0.1) is 5.69 Å². The number of hydrogen-bond donors (Lipinski definition) is 1. The summed E-state index contributed by atoms with van der Waals surface area (Å²) < 4.78 is 1.65. The van der Waals surface area contributed by atoms with Crippen LogP contribution in [0, 0.1) is 6.92 Å². The van der Waals surface area contributed by atoms with Gasteiger partial charge in [0.15, 0.2) is 5.65 Å². The molecule has 6 nitrogen and oxygen atoms in total. The van der Waals surface area contributed by atoms with Gasteiger partial charge in [-0.25, -0.2) is 9.50 Å². The minimum absolute atomic E-state index is 0.0962. The van der Waals surface area contributed by atoms with Gasteiger partial charge in [0.25, 0.3) is 5.91 Å². The number of nitrogens with zero attached hydrogens (tertiary/aromatic N) is 4. The highest BCUT2D eigenvalue weighted by Crippen LogP contribution is 2.20. The van der Waals surface area contributed by atoms with Crippen molar-refractivity contribution in [2.75, 3.05) is 18.0 Å². The Morgan fingerprint density at radius 1 is 1.25 bits per heavy atom. The molecule has 0 radical (unpaired) electrons. The molecule has 1 unspecified atom stereocenters. The number of para-hydroxylation sites is 1. The zero-order valence-electron chi connectivity index (χ0n) is 13.5. The van der Waals surface area contributed by atoms with E-state index in [0.717, 1.165) is 19.5 Å². The Morgan fingerprint density at radius 2 is 2.08 bits per heavy atom. The lowest BCUT2D eigenvalue weighted by Gasteiger charge is -2.18. The molecular weight excluding hydrogens is 302 g/mol. The fourth-order valence-corrected chi connectivity index (χ4v) is 3.27. The molecule has 1 fully saturated rings. The van der Waals surface area contributed by atoms with E-state index < -0.39 is 0 Å². The van der Waals surface area contributed by atoms with Crippen LogP contribution in [0.4, 0.5) is 5.69 Å². The molecule has 1 aliphatic heterocycles. The van der Waals surface area contributed by atoms with Gasteiger partial charge < -0.3 is 10.2 Å². The summed E-state index contributed by atoms with van der Waals surface area (Å²) >= 11 is 0. The molecule has 6 heteroatoms. The summed E-state index contributed by atoms with van der Waals surface area (Å²) in [5.41, 5.74) is 3.06. The third kappa shape index (κ3) is 2.60. The van der Waals surface area contributed by atoms with Crippen LogP contribution in [0.1, 0.15) is 22.5 Å². The molecule has 1 aliphatic rings. The number of carbonyl (C=O) groups excluding carboxylic acids is 1. The Balaban J connectivity index is 1.50. The fourth-order valence-electron chi connectivity index (χ4n) is 3.27. The van der Waals surface area contributed by atoms with E-state index in [1.807, 2.05) is 25.1 Å². The monoisotopic (exact) mass is 321 g/mol. The van der Waals surface area contributed by atoms with Crippen molar-refractivity contribution in [3.05, 3.63) is 60.0 Å². The second kappa shape index (κ2) is 5.96. The van der Waals surface area contributed by atoms with Crippen molar-refractivity contribution in [1.29, 1.82) is 0 Å². The smallest absolute Gasteiger partial charge is 0.257 e. The first-order chi connectivity index (χ1) is 11.7. The summed E-state index contributed by atoms with van der Waals surface area (Å²) in [7, 11) is 0. The zero-order valence-corrected chi connectivity index (χ0v) is 13.5. The SMILES string of the molecule is Cc1nn2cccnc2c1C(=O)NC1CCN(c2ccccc2)C1. The van der Waals surface area contributed by atoms with Crippen molar-refractivity contribution < 1.29 is 4.79 Å². The highest BCUT2D eigenvalue weighted by molar-refractivity contribution is 6.01. The summed E-state index contributed by atoms with van der Waals surface area (Å²) in [6.07, 6.45) is 4.42. The van der Waals surface area contributed by atoms with E-state index in [9.17, 15) is 4.79 Å². The number of anilines is 1. The second-order valence-electron chi connectivity index (χ2n) is 6.09. The number of amides is 1. The Hall–Kier alpha value is -2.89. The Labute approximate surface area is 140 Å². The average Bonchev–Trinajstić information content (AvgIpc) is 3.19. The van der Waals surface area contributed by atoms with Gasteiger partial charge in [0.2, 0.25) is 0 Å². The molecule has 1 saturated heterocycles. The molecule has 1 atom stereocenters. The first-order valence-electron chi connectivity index (χ1n) is 8.13. The molecule has 1 amide bonds. The first-order valence-corrected chi connectivity index (χ1v) is 8.13. The van der Waals surface area contributed by atoms with Crippen molar-refractivity contribution in [3.63, 3.8) is 0 Å². The first kappa shape index (κ1) is 14.7. The summed E-state index contributed by atoms with van der Waals surface area (Å²) in [5, 5.41) is 7.49. The van der Waals surface area contributed by atoms with Gasteiger partial charge in [-0.1, -0.05) is 18.2 Å². The minimum atomic E-state index is -0.0962. The normalized spacial score (nSPS) is 17.4. The standard InChI is InChI=1S/C18H19N5O/c1-13-16(17-19-9-5-10-23(17)21-13)18(24)20-14-8-11-22(12-14)15-6-3-2-4-7-15/h2-7,9-10,14H,8,11-12H2,1H3,(H,20,24). The zero-order chi connectivity index (χ0) is 16.5. The van der Waals surface area contributed by atoms with Gasteiger partial charge in [-0.05, 0) is 31.5 Å². The third-order valence-electron chi connectivity index (χ3n) is 4.44. The summed E-state index contributed by atoms with van der Waals surface area (Å²) in [6.45, 7) is 3.61. The van der Waals surface area contributed by atoms with E-state index in [2.05, 4.69) is 32.4 Å². The van der Waals surface area contributed by atoms with Gasteiger partial charge in [0, 0.05) is 37.2 Å². The van der Waals surface area contributed by atoms with Gasteiger partial charge in [0.1, 0.15) is 5.56 Å². The lowest BCUT2D eigenvalue weighted by Crippen LogP contribution is -2.37. The third-order valence-corrected chi connectivity index (χ3v) is 4.44. The molecule has 0 bridgehead atoms. The topological polar surface area (TPSA) is 62.5 Å². The average molecular weight is 321 g/mol. The fraction of sp³-hybridized carbons (Fsp3) is 0.278.